The number of hydrogen-bond acceptors (Lipinski definition) is 3. The summed E-state index contributed by atoms with van der Waals surface area (Å²) >= 11 is 0. The summed E-state index contributed by atoms with van der Waals surface area (Å²) in [7, 11) is 1.97. The molecule has 1 aromatic heterocycles. The SMILES string of the molecule is Cn1cc(CN2CC(C)(C)NCC2(C)C)cn1. The molecule has 1 aromatic rings. The number of nitrogens with one attached hydrogen (secondary N) is 1. The van der Waals surface area contributed by atoms with Crippen LogP contribution in [0.5, 0.6) is 0 Å². The summed E-state index contributed by atoms with van der Waals surface area (Å²) in [6.45, 7) is 12.2. The lowest BCUT2D eigenvalue weighted by Gasteiger charge is -2.49. The van der Waals surface area contributed by atoms with Gasteiger partial charge in [-0.1, -0.05) is 0 Å². The van der Waals surface area contributed by atoms with Gasteiger partial charge in [0.25, 0.3) is 0 Å². The highest BCUT2D eigenvalue weighted by atomic mass is 15.3. The normalized spacial score (nSPS) is 23.8. The molecule has 2 rings (SSSR count). The van der Waals surface area contributed by atoms with Gasteiger partial charge in [-0.05, 0) is 27.7 Å². The van der Waals surface area contributed by atoms with Gasteiger partial charge >= 0.3 is 0 Å². The van der Waals surface area contributed by atoms with E-state index in [1.807, 2.05) is 17.9 Å². The zero-order chi connectivity index (χ0) is 12.7. The van der Waals surface area contributed by atoms with Crippen molar-refractivity contribution >= 4 is 0 Å². The van der Waals surface area contributed by atoms with Crippen LogP contribution in [0.3, 0.4) is 0 Å². The Morgan fingerprint density at radius 3 is 2.65 bits per heavy atom. The third kappa shape index (κ3) is 2.87. The molecule has 0 radical (unpaired) electrons. The van der Waals surface area contributed by atoms with E-state index >= 15 is 0 Å². The molecule has 1 aliphatic rings. The highest BCUT2D eigenvalue weighted by molar-refractivity contribution is 5.07. The first-order valence-electron chi connectivity index (χ1n) is 6.26. The lowest BCUT2D eigenvalue weighted by Crippen LogP contribution is -2.65. The van der Waals surface area contributed by atoms with Gasteiger partial charge in [0.2, 0.25) is 0 Å². The minimum atomic E-state index is 0.192. The van der Waals surface area contributed by atoms with Crippen LogP contribution in [0.2, 0.25) is 0 Å². The molecular formula is C13H24N4. The Bertz CT molecular complexity index is 392. The quantitative estimate of drug-likeness (QED) is 0.842. The molecule has 1 aliphatic heterocycles. The molecule has 2 heterocycles. The Morgan fingerprint density at radius 2 is 2.06 bits per heavy atom. The minimum absolute atomic E-state index is 0.192. The summed E-state index contributed by atoms with van der Waals surface area (Å²) in [5, 5.41) is 7.85. The van der Waals surface area contributed by atoms with Crippen molar-refractivity contribution in [2.45, 2.75) is 45.3 Å². The Kier molecular flexibility index (Phi) is 3.04. The predicted molar refractivity (Wildman–Crippen MR) is 69.8 cm³/mol. The second-order valence-electron chi connectivity index (χ2n) is 6.43. The van der Waals surface area contributed by atoms with Gasteiger partial charge in [0.15, 0.2) is 0 Å². The van der Waals surface area contributed by atoms with Gasteiger partial charge in [-0.15, -0.1) is 0 Å². The van der Waals surface area contributed by atoms with Crippen LogP contribution in [0.25, 0.3) is 0 Å². The maximum atomic E-state index is 4.24. The Morgan fingerprint density at radius 1 is 1.35 bits per heavy atom. The molecule has 0 saturated carbocycles. The van der Waals surface area contributed by atoms with Crippen molar-refractivity contribution < 1.29 is 0 Å². The van der Waals surface area contributed by atoms with Crippen molar-refractivity contribution in [3.63, 3.8) is 0 Å². The minimum Gasteiger partial charge on any atom is -0.309 e. The van der Waals surface area contributed by atoms with Gasteiger partial charge in [-0.2, -0.15) is 5.10 Å². The fourth-order valence-electron chi connectivity index (χ4n) is 2.36. The second kappa shape index (κ2) is 4.10. The first kappa shape index (κ1) is 12.6. The first-order valence-corrected chi connectivity index (χ1v) is 6.26. The zero-order valence-electron chi connectivity index (χ0n) is 11.6. The molecule has 0 aliphatic carbocycles. The summed E-state index contributed by atoms with van der Waals surface area (Å²) in [6, 6.07) is 0. The molecule has 4 nitrogen and oxygen atoms in total. The monoisotopic (exact) mass is 236 g/mol. The molecule has 0 spiro atoms. The van der Waals surface area contributed by atoms with E-state index in [4.69, 9.17) is 0 Å². The zero-order valence-corrected chi connectivity index (χ0v) is 11.6. The summed E-state index contributed by atoms with van der Waals surface area (Å²) < 4.78 is 1.87. The van der Waals surface area contributed by atoms with Gasteiger partial charge in [0.1, 0.15) is 0 Å². The fraction of sp³-hybridized carbons (Fsp3) is 0.769. The molecule has 96 valence electrons. The van der Waals surface area contributed by atoms with Gasteiger partial charge in [0.05, 0.1) is 6.20 Å². The van der Waals surface area contributed by atoms with Crippen LogP contribution < -0.4 is 5.32 Å². The number of aromatic nitrogens is 2. The Labute approximate surface area is 104 Å². The summed E-state index contributed by atoms with van der Waals surface area (Å²) in [6.07, 6.45) is 4.07. The van der Waals surface area contributed by atoms with E-state index in [0.29, 0.717) is 0 Å². The molecule has 0 aromatic carbocycles. The summed E-state index contributed by atoms with van der Waals surface area (Å²) in [4.78, 5) is 2.54. The van der Waals surface area contributed by atoms with Crippen molar-refractivity contribution in [1.29, 1.82) is 0 Å². The van der Waals surface area contributed by atoms with E-state index in [2.05, 4.69) is 49.2 Å². The molecule has 0 atom stereocenters. The van der Waals surface area contributed by atoms with E-state index in [0.717, 1.165) is 19.6 Å². The van der Waals surface area contributed by atoms with Crippen LogP contribution in [-0.2, 0) is 13.6 Å². The number of rotatable bonds is 2. The van der Waals surface area contributed by atoms with Crippen molar-refractivity contribution in [3.8, 4) is 0 Å². The fourth-order valence-corrected chi connectivity index (χ4v) is 2.36. The van der Waals surface area contributed by atoms with E-state index < -0.39 is 0 Å². The van der Waals surface area contributed by atoms with E-state index in [1.165, 1.54) is 5.56 Å². The lowest BCUT2D eigenvalue weighted by atomic mass is 9.91. The number of nitrogens with zero attached hydrogens (tertiary/aromatic N) is 3. The second-order valence-corrected chi connectivity index (χ2v) is 6.43. The first-order chi connectivity index (χ1) is 7.78. The van der Waals surface area contributed by atoms with Crippen LogP contribution in [0.15, 0.2) is 12.4 Å². The molecule has 4 heteroatoms. The van der Waals surface area contributed by atoms with Crippen molar-refractivity contribution in [2.75, 3.05) is 13.1 Å². The maximum Gasteiger partial charge on any atom is 0.0534 e. The summed E-state index contributed by atoms with van der Waals surface area (Å²) in [5.41, 5.74) is 1.68. The van der Waals surface area contributed by atoms with Crippen molar-refractivity contribution in [1.82, 2.24) is 20.0 Å². The van der Waals surface area contributed by atoms with Gasteiger partial charge in [-0.25, -0.2) is 0 Å². The van der Waals surface area contributed by atoms with E-state index in [1.54, 1.807) is 0 Å². The average molecular weight is 236 g/mol. The molecular weight excluding hydrogens is 212 g/mol. The molecule has 1 saturated heterocycles. The molecule has 1 fully saturated rings. The van der Waals surface area contributed by atoms with Crippen LogP contribution in [0, 0.1) is 0 Å². The molecule has 0 bridgehead atoms. The third-order valence-corrected chi connectivity index (χ3v) is 3.57. The van der Waals surface area contributed by atoms with Crippen LogP contribution in [0.4, 0.5) is 0 Å². The van der Waals surface area contributed by atoms with Crippen molar-refractivity contribution in [2.24, 2.45) is 7.05 Å². The lowest BCUT2D eigenvalue weighted by molar-refractivity contribution is 0.0324. The van der Waals surface area contributed by atoms with Gasteiger partial charge < -0.3 is 5.32 Å². The molecule has 1 N–H and O–H groups in total. The number of hydrogen-bond donors (Lipinski definition) is 1. The third-order valence-electron chi connectivity index (χ3n) is 3.57. The maximum absolute atomic E-state index is 4.24. The van der Waals surface area contributed by atoms with Crippen molar-refractivity contribution in [3.05, 3.63) is 18.0 Å². The Balaban J connectivity index is 2.11. The topological polar surface area (TPSA) is 33.1 Å². The van der Waals surface area contributed by atoms with E-state index in [-0.39, 0.29) is 11.1 Å². The van der Waals surface area contributed by atoms with E-state index in [9.17, 15) is 0 Å². The molecule has 0 unspecified atom stereocenters. The highest BCUT2D eigenvalue weighted by Gasteiger charge is 2.37. The number of piperazine rings is 1. The highest BCUT2D eigenvalue weighted by Crippen LogP contribution is 2.25. The average Bonchev–Trinajstić information content (AvgIpc) is 2.59. The largest absolute Gasteiger partial charge is 0.309 e. The van der Waals surface area contributed by atoms with Gasteiger partial charge in [0, 0.05) is 49.5 Å². The van der Waals surface area contributed by atoms with Gasteiger partial charge in [-0.3, -0.25) is 9.58 Å². The van der Waals surface area contributed by atoms with Crippen LogP contribution >= 0.6 is 0 Å². The standard InChI is InChI=1S/C13H24N4/c1-12(2)10-17(13(3,4)9-14-12)8-11-6-15-16(5)7-11/h6-7,14H,8-10H2,1-5H3. The Hall–Kier alpha value is -0.870. The smallest absolute Gasteiger partial charge is 0.0534 e. The summed E-state index contributed by atoms with van der Waals surface area (Å²) in [5.74, 6) is 0. The predicted octanol–water partition coefficient (Wildman–Crippen LogP) is 1.38. The molecule has 17 heavy (non-hydrogen) atoms. The van der Waals surface area contributed by atoms with Crippen LogP contribution in [-0.4, -0.2) is 38.8 Å². The molecule has 0 amide bonds. The number of aryl methyl sites for hydroxylation is 1. The van der Waals surface area contributed by atoms with Crippen LogP contribution in [0.1, 0.15) is 33.3 Å².